The van der Waals surface area contributed by atoms with Gasteiger partial charge in [0.1, 0.15) is 11.4 Å². The Balaban J connectivity index is 1.35. The highest BCUT2D eigenvalue weighted by Crippen LogP contribution is 2.28. The average Bonchev–Trinajstić information content (AvgIpc) is 3.33. The van der Waals surface area contributed by atoms with Gasteiger partial charge in [-0.25, -0.2) is 0 Å². The van der Waals surface area contributed by atoms with E-state index in [-0.39, 0.29) is 29.8 Å². The van der Waals surface area contributed by atoms with Crippen LogP contribution in [0.1, 0.15) is 27.6 Å². The van der Waals surface area contributed by atoms with Crippen LogP contribution in [0, 0.1) is 0 Å². The summed E-state index contributed by atoms with van der Waals surface area (Å²) in [5.41, 5.74) is 2.46. The number of fused-ring (bicyclic) bond motifs is 1. The minimum atomic E-state index is -0.623. The molecular formula is C26H23N5O4. The van der Waals surface area contributed by atoms with E-state index in [1.165, 1.54) is 23.4 Å². The predicted molar refractivity (Wildman–Crippen MR) is 129 cm³/mol. The molecule has 0 aliphatic carbocycles. The largest absolute Gasteiger partial charge is 0.506 e. The van der Waals surface area contributed by atoms with Gasteiger partial charge in [0.25, 0.3) is 17.6 Å². The lowest BCUT2D eigenvalue weighted by Gasteiger charge is -2.39. The van der Waals surface area contributed by atoms with Crippen LogP contribution in [0.5, 0.6) is 5.75 Å². The smallest absolute Gasteiger partial charge is 0.295 e. The number of benzene rings is 1. The molecule has 4 aromatic rings. The molecule has 1 atom stereocenters. The zero-order chi connectivity index (χ0) is 24.5. The van der Waals surface area contributed by atoms with Gasteiger partial charge in [-0.15, -0.1) is 0 Å². The summed E-state index contributed by atoms with van der Waals surface area (Å²) >= 11 is 0. The number of hydrogen-bond donors (Lipinski definition) is 2. The standard InChI is InChI=1S/C26H23N5O4/c1-16-15-30(25(34)17-5-3-2-4-6-17)11-12-31(16)26(35)24(33)20-14-29-22-19(20)9-10-27-23(22)21-8-7-18(32)13-28-21/h2-10,13-14,16,29,32H,11-12,15H2,1H3. The fourth-order valence-electron chi connectivity index (χ4n) is 4.42. The van der Waals surface area contributed by atoms with Gasteiger partial charge in [0.15, 0.2) is 0 Å². The highest BCUT2D eigenvalue weighted by molar-refractivity contribution is 6.45. The van der Waals surface area contributed by atoms with Crippen LogP contribution in [-0.2, 0) is 4.79 Å². The third-order valence-electron chi connectivity index (χ3n) is 6.23. The van der Waals surface area contributed by atoms with Gasteiger partial charge in [0.05, 0.1) is 23.0 Å². The maximum atomic E-state index is 13.2. The first kappa shape index (κ1) is 22.3. The lowest BCUT2D eigenvalue weighted by Crippen LogP contribution is -2.56. The molecule has 1 aromatic carbocycles. The summed E-state index contributed by atoms with van der Waals surface area (Å²) < 4.78 is 0. The number of amides is 2. The van der Waals surface area contributed by atoms with Crippen molar-refractivity contribution in [1.82, 2.24) is 24.8 Å². The fraction of sp³-hybridized carbons (Fsp3) is 0.192. The number of ketones is 1. The Hall–Kier alpha value is -4.53. The van der Waals surface area contributed by atoms with Crippen LogP contribution in [-0.4, -0.2) is 73.1 Å². The number of nitrogens with zero attached hydrogens (tertiary/aromatic N) is 4. The van der Waals surface area contributed by atoms with E-state index in [1.807, 2.05) is 25.1 Å². The SMILES string of the molecule is CC1CN(C(=O)c2ccccc2)CCN1C(=O)C(=O)c1c[nH]c2c(-c3ccc(O)cn3)nccc12. The molecule has 0 radical (unpaired) electrons. The Labute approximate surface area is 201 Å². The third kappa shape index (κ3) is 4.12. The first-order chi connectivity index (χ1) is 16.9. The van der Waals surface area contributed by atoms with Gasteiger partial charge in [0.2, 0.25) is 0 Å². The highest BCUT2D eigenvalue weighted by atomic mass is 16.3. The van der Waals surface area contributed by atoms with Crippen molar-refractivity contribution in [3.63, 3.8) is 0 Å². The van der Waals surface area contributed by atoms with Crippen LogP contribution in [0.4, 0.5) is 0 Å². The van der Waals surface area contributed by atoms with Crippen molar-refractivity contribution in [2.75, 3.05) is 19.6 Å². The number of nitrogens with one attached hydrogen (secondary N) is 1. The summed E-state index contributed by atoms with van der Waals surface area (Å²) in [6.45, 7) is 2.81. The second-order valence-electron chi connectivity index (χ2n) is 8.48. The Morgan fingerprint density at radius 2 is 1.83 bits per heavy atom. The molecule has 1 aliphatic rings. The number of aromatic amines is 1. The maximum absolute atomic E-state index is 13.2. The average molecular weight is 470 g/mol. The van der Waals surface area contributed by atoms with Crippen LogP contribution in [0.25, 0.3) is 22.3 Å². The summed E-state index contributed by atoms with van der Waals surface area (Å²) in [5, 5.41) is 10.1. The van der Waals surface area contributed by atoms with Crippen LogP contribution in [0.3, 0.4) is 0 Å². The van der Waals surface area contributed by atoms with E-state index in [2.05, 4.69) is 15.0 Å². The van der Waals surface area contributed by atoms with E-state index in [0.29, 0.717) is 40.9 Å². The van der Waals surface area contributed by atoms with Crippen LogP contribution in [0.15, 0.2) is 67.1 Å². The second-order valence-corrected chi connectivity index (χ2v) is 8.48. The molecule has 1 saturated heterocycles. The topological polar surface area (TPSA) is 119 Å². The normalized spacial score (nSPS) is 15.9. The lowest BCUT2D eigenvalue weighted by atomic mass is 10.1. The van der Waals surface area contributed by atoms with Crippen LogP contribution >= 0.6 is 0 Å². The maximum Gasteiger partial charge on any atom is 0.295 e. The number of piperazine rings is 1. The minimum Gasteiger partial charge on any atom is -0.506 e. The monoisotopic (exact) mass is 469 g/mol. The lowest BCUT2D eigenvalue weighted by molar-refractivity contribution is -0.130. The molecule has 0 spiro atoms. The summed E-state index contributed by atoms with van der Waals surface area (Å²) in [4.78, 5) is 54.0. The van der Waals surface area contributed by atoms with Gasteiger partial charge in [-0.1, -0.05) is 18.2 Å². The summed E-state index contributed by atoms with van der Waals surface area (Å²) in [6.07, 6.45) is 4.38. The number of carbonyl (C=O) groups excluding carboxylic acids is 3. The molecule has 2 amide bonds. The van der Waals surface area contributed by atoms with Crippen molar-refractivity contribution in [3.05, 3.63) is 78.2 Å². The fourth-order valence-corrected chi connectivity index (χ4v) is 4.42. The van der Waals surface area contributed by atoms with E-state index < -0.39 is 11.7 Å². The zero-order valence-electron chi connectivity index (χ0n) is 19.0. The molecule has 176 valence electrons. The van der Waals surface area contributed by atoms with E-state index in [1.54, 1.807) is 35.4 Å². The Kier molecular flexibility index (Phi) is 5.74. The van der Waals surface area contributed by atoms with E-state index >= 15 is 0 Å². The van der Waals surface area contributed by atoms with Crippen molar-refractivity contribution in [3.8, 4) is 17.1 Å². The first-order valence-corrected chi connectivity index (χ1v) is 11.2. The Morgan fingerprint density at radius 3 is 2.54 bits per heavy atom. The molecule has 2 N–H and O–H groups in total. The van der Waals surface area contributed by atoms with Gasteiger partial charge >= 0.3 is 0 Å². The molecule has 4 heterocycles. The zero-order valence-corrected chi connectivity index (χ0v) is 19.0. The summed E-state index contributed by atoms with van der Waals surface area (Å²) in [6, 6.07) is 13.5. The van der Waals surface area contributed by atoms with Gasteiger partial charge < -0.3 is 19.9 Å². The summed E-state index contributed by atoms with van der Waals surface area (Å²) in [7, 11) is 0. The van der Waals surface area contributed by atoms with Crippen LogP contribution < -0.4 is 0 Å². The molecular weight excluding hydrogens is 446 g/mol. The van der Waals surface area contributed by atoms with E-state index in [4.69, 9.17) is 0 Å². The summed E-state index contributed by atoms with van der Waals surface area (Å²) in [5.74, 6) is -1.28. The number of aromatic hydroxyl groups is 1. The molecule has 1 fully saturated rings. The Morgan fingerprint density at radius 1 is 1.03 bits per heavy atom. The molecule has 1 unspecified atom stereocenters. The van der Waals surface area contributed by atoms with E-state index in [0.717, 1.165) is 0 Å². The van der Waals surface area contributed by atoms with Gasteiger partial charge in [-0.2, -0.15) is 0 Å². The number of carbonyl (C=O) groups is 3. The van der Waals surface area contributed by atoms with Crippen molar-refractivity contribution in [2.24, 2.45) is 0 Å². The molecule has 1 aliphatic heterocycles. The van der Waals surface area contributed by atoms with Crippen molar-refractivity contribution in [1.29, 1.82) is 0 Å². The number of pyridine rings is 2. The predicted octanol–water partition coefficient (Wildman–Crippen LogP) is 2.89. The number of Topliss-reactive ketones (excluding diaryl/α,β-unsaturated/α-hetero) is 1. The number of rotatable bonds is 4. The molecule has 0 saturated carbocycles. The number of aromatic nitrogens is 3. The van der Waals surface area contributed by atoms with E-state index in [9.17, 15) is 19.5 Å². The highest BCUT2D eigenvalue weighted by Gasteiger charge is 2.34. The molecule has 0 bridgehead atoms. The quantitative estimate of drug-likeness (QED) is 0.350. The van der Waals surface area contributed by atoms with Crippen molar-refractivity contribution >= 4 is 28.5 Å². The van der Waals surface area contributed by atoms with Gasteiger partial charge in [-0.3, -0.25) is 24.4 Å². The second kappa shape index (κ2) is 9.02. The molecule has 9 heteroatoms. The molecule has 9 nitrogen and oxygen atoms in total. The minimum absolute atomic E-state index is 0.0357. The Bertz CT molecular complexity index is 1410. The van der Waals surface area contributed by atoms with Crippen LogP contribution in [0.2, 0.25) is 0 Å². The third-order valence-corrected chi connectivity index (χ3v) is 6.23. The van der Waals surface area contributed by atoms with Crippen molar-refractivity contribution < 1.29 is 19.5 Å². The van der Waals surface area contributed by atoms with Gasteiger partial charge in [0, 0.05) is 49.0 Å². The van der Waals surface area contributed by atoms with Crippen molar-refractivity contribution in [2.45, 2.75) is 13.0 Å². The molecule has 35 heavy (non-hydrogen) atoms. The first-order valence-electron chi connectivity index (χ1n) is 11.2. The molecule has 3 aromatic heterocycles. The number of H-pyrrole nitrogens is 1. The van der Waals surface area contributed by atoms with Gasteiger partial charge in [-0.05, 0) is 37.3 Å². The molecule has 5 rings (SSSR count). The number of hydrogen-bond acceptors (Lipinski definition) is 6.